The van der Waals surface area contributed by atoms with Crippen LogP contribution in [0.3, 0.4) is 0 Å². The third-order valence-corrected chi connectivity index (χ3v) is 6.01. The van der Waals surface area contributed by atoms with Gasteiger partial charge in [-0.15, -0.1) is 0 Å². The maximum Gasteiger partial charge on any atom is 0.309 e. The maximum absolute atomic E-state index is 12.7. The molecule has 0 aromatic heterocycles. The van der Waals surface area contributed by atoms with Crippen LogP contribution in [0.5, 0.6) is 0 Å². The Bertz CT molecular complexity index is 770. The molecule has 1 aromatic carbocycles. The summed E-state index contributed by atoms with van der Waals surface area (Å²) in [4.78, 5) is 25.5. The summed E-state index contributed by atoms with van der Waals surface area (Å²) in [7, 11) is -0.111. The molecule has 150 valence electrons. The zero-order valence-corrected chi connectivity index (χ0v) is 16.7. The fourth-order valence-electron chi connectivity index (χ4n) is 2.42. The Balaban J connectivity index is 1.93. The van der Waals surface area contributed by atoms with Gasteiger partial charge in [0.1, 0.15) is 6.23 Å². The Hall–Kier alpha value is -1.72. The van der Waals surface area contributed by atoms with Gasteiger partial charge >= 0.3 is 11.8 Å². The van der Waals surface area contributed by atoms with Crippen LogP contribution in [0, 0.1) is 0 Å². The number of likely N-dealkylation sites (N-methyl/N-ethyl adjacent to an activating group) is 1. The third-order valence-electron chi connectivity index (χ3n) is 3.85. The Morgan fingerprint density at radius 2 is 1.85 bits per heavy atom. The van der Waals surface area contributed by atoms with E-state index in [1.807, 2.05) is 19.0 Å². The molecule has 1 heterocycles. The second-order valence-electron chi connectivity index (χ2n) is 6.16. The summed E-state index contributed by atoms with van der Waals surface area (Å²) in [5, 5.41) is 5.32. The van der Waals surface area contributed by atoms with Gasteiger partial charge in [-0.1, -0.05) is 11.6 Å². The van der Waals surface area contributed by atoms with Crippen LogP contribution in [0.2, 0.25) is 5.02 Å². The van der Waals surface area contributed by atoms with Crippen molar-refractivity contribution >= 4 is 33.4 Å². The van der Waals surface area contributed by atoms with E-state index in [2.05, 4.69) is 10.6 Å². The number of amides is 2. The van der Waals surface area contributed by atoms with Crippen molar-refractivity contribution < 1.29 is 22.7 Å². The minimum absolute atomic E-state index is 0.0788. The van der Waals surface area contributed by atoms with Crippen molar-refractivity contribution in [1.29, 1.82) is 0 Å². The molecule has 0 bridgehead atoms. The number of carbonyl (C=O) groups is 2. The lowest BCUT2D eigenvalue weighted by Gasteiger charge is -2.22. The van der Waals surface area contributed by atoms with Crippen LogP contribution >= 0.6 is 11.6 Å². The molecule has 9 nitrogen and oxygen atoms in total. The van der Waals surface area contributed by atoms with E-state index in [9.17, 15) is 18.0 Å². The fraction of sp³-hybridized carbons (Fsp3) is 0.500. The molecule has 1 aromatic rings. The average molecular weight is 419 g/mol. The van der Waals surface area contributed by atoms with E-state index in [1.165, 1.54) is 24.3 Å². The number of nitrogens with zero attached hydrogens (tertiary/aromatic N) is 2. The molecule has 1 aliphatic rings. The Morgan fingerprint density at radius 1 is 1.22 bits per heavy atom. The first kappa shape index (κ1) is 21.6. The summed E-state index contributed by atoms with van der Waals surface area (Å²) in [6.07, 6.45) is -0.885. The molecular formula is C16H23ClN4O5S. The molecule has 0 radical (unpaired) electrons. The number of nitrogens with one attached hydrogen (secondary N) is 2. The molecule has 0 saturated carbocycles. The lowest BCUT2D eigenvalue weighted by Crippen LogP contribution is -2.48. The van der Waals surface area contributed by atoms with Crippen molar-refractivity contribution in [2.45, 2.75) is 11.1 Å². The monoisotopic (exact) mass is 418 g/mol. The summed E-state index contributed by atoms with van der Waals surface area (Å²) in [5.41, 5.74) is 0. The SMILES string of the molecule is CN(C)CCNC(=O)C(=O)NC[C@H]1OCCN1S(=O)(=O)c1ccc(Cl)cc1. The van der Waals surface area contributed by atoms with Gasteiger partial charge in [-0.25, -0.2) is 8.42 Å². The standard InChI is InChI=1S/C16H23ClN4O5S/c1-20(2)8-7-18-15(22)16(23)19-11-14-21(9-10-26-14)27(24,25)13-5-3-12(17)4-6-13/h3-6,14H,7-11H2,1-2H3,(H,18,22)(H,19,23)/t14-/m1/s1. The fourth-order valence-corrected chi connectivity index (χ4v) is 4.05. The molecule has 1 saturated heterocycles. The van der Waals surface area contributed by atoms with Gasteiger partial charge in [-0.05, 0) is 38.4 Å². The molecule has 27 heavy (non-hydrogen) atoms. The number of rotatable bonds is 7. The lowest BCUT2D eigenvalue weighted by molar-refractivity contribution is -0.139. The maximum atomic E-state index is 12.7. The highest BCUT2D eigenvalue weighted by Gasteiger charge is 2.36. The van der Waals surface area contributed by atoms with Crippen molar-refractivity contribution in [2.75, 3.05) is 46.9 Å². The van der Waals surface area contributed by atoms with Crippen LogP contribution in [0.1, 0.15) is 0 Å². The number of sulfonamides is 1. The molecule has 2 N–H and O–H groups in total. The number of benzene rings is 1. The predicted molar refractivity (Wildman–Crippen MR) is 99.7 cm³/mol. The zero-order chi connectivity index (χ0) is 20.0. The van der Waals surface area contributed by atoms with Gasteiger partial charge in [-0.2, -0.15) is 4.31 Å². The topological polar surface area (TPSA) is 108 Å². The van der Waals surface area contributed by atoms with Gasteiger partial charge in [-0.3, -0.25) is 9.59 Å². The first-order valence-electron chi connectivity index (χ1n) is 8.31. The first-order chi connectivity index (χ1) is 12.7. The van der Waals surface area contributed by atoms with Gasteiger partial charge < -0.3 is 20.3 Å². The van der Waals surface area contributed by atoms with Crippen LogP contribution in [-0.2, 0) is 24.3 Å². The summed E-state index contributed by atoms with van der Waals surface area (Å²) >= 11 is 5.80. The molecule has 0 spiro atoms. The first-order valence-corrected chi connectivity index (χ1v) is 10.1. The third kappa shape index (κ3) is 5.88. The van der Waals surface area contributed by atoms with E-state index < -0.39 is 28.1 Å². The number of carbonyl (C=O) groups excluding carboxylic acids is 2. The van der Waals surface area contributed by atoms with Gasteiger partial charge in [0.2, 0.25) is 10.0 Å². The van der Waals surface area contributed by atoms with E-state index in [0.717, 1.165) is 4.31 Å². The summed E-state index contributed by atoms with van der Waals surface area (Å²) in [5.74, 6) is -1.62. The summed E-state index contributed by atoms with van der Waals surface area (Å²) in [6, 6.07) is 5.79. The van der Waals surface area contributed by atoms with Crippen molar-refractivity contribution in [3.8, 4) is 0 Å². The Kier molecular flexibility index (Phi) is 7.57. The molecule has 0 unspecified atom stereocenters. The number of hydrogen-bond donors (Lipinski definition) is 2. The number of ether oxygens (including phenoxy) is 1. The molecular weight excluding hydrogens is 396 g/mol. The molecule has 1 fully saturated rings. The van der Waals surface area contributed by atoms with Crippen LogP contribution in [-0.4, -0.2) is 82.5 Å². The van der Waals surface area contributed by atoms with E-state index in [0.29, 0.717) is 18.1 Å². The Morgan fingerprint density at radius 3 is 2.48 bits per heavy atom. The van der Waals surface area contributed by atoms with E-state index in [-0.39, 0.29) is 24.6 Å². The van der Waals surface area contributed by atoms with Gasteiger partial charge in [0, 0.05) is 24.7 Å². The van der Waals surface area contributed by atoms with Gasteiger partial charge in [0.25, 0.3) is 0 Å². The highest BCUT2D eigenvalue weighted by Crippen LogP contribution is 2.23. The molecule has 11 heteroatoms. The molecule has 1 atom stereocenters. The van der Waals surface area contributed by atoms with Crippen LogP contribution < -0.4 is 10.6 Å². The van der Waals surface area contributed by atoms with E-state index >= 15 is 0 Å². The van der Waals surface area contributed by atoms with Crippen LogP contribution in [0.4, 0.5) is 0 Å². The largest absolute Gasteiger partial charge is 0.359 e. The van der Waals surface area contributed by atoms with Crippen LogP contribution in [0.15, 0.2) is 29.2 Å². The molecule has 0 aliphatic carbocycles. The van der Waals surface area contributed by atoms with E-state index in [1.54, 1.807) is 0 Å². The number of hydrogen-bond acceptors (Lipinski definition) is 6. The highest BCUT2D eigenvalue weighted by atomic mass is 35.5. The minimum Gasteiger partial charge on any atom is -0.359 e. The quantitative estimate of drug-likeness (QED) is 0.577. The zero-order valence-electron chi connectivity index (χ0n) is 15.1. The van der Waals surface area contributed by atoms with Gasteiger partial charge in [0.05, 0.1) is 18.0 Å². The number of halogens is 1. The minimum atomic E-state index is -3.80. The molecule has 1 aliphatic heterocycles. The van der Waals surface area contributed by atoms with Crippen molar-refractivity contribution in [1.82, 2.24) is 19.8 Å². The smallest absolute Gasteiger partial charge is 0.309 e. The van der Waals surface area contributed by atoms with Crippen molar-refractivity contribution in [3.63, 3.8) is 0 Å². The summed E-state index contributed by atoms with van der Waals surface area (Å²) in [6.45, 7) is 1.14. The highest BCUT2D eigenvalue weighted by molar-refractivity contribution is 7.89. The Labute approximate surface area is 163 Å². The second-order valence-corrected chi connectivity index (χ2v) is 8.49. The van der Waals surface area contributed by atoms with Crippen molar-refractivity contribution in [3.05, 3.63) is 29.3 Å². The van der Waals surface area contributed by atoms with Crippen molar-refractivity contribution in [2.24, 2.45) is 0 Å². The van der Waals surface area contributed by atoms with Gasteiger partial charge in [0.15, 0.2) is 0 Å². The van der Waals surface area contributed by atoms with Crippen LogP contribution in [0.25, 0.3) is 0 Å². The normalized spacial score (nSPS) is 17.9. The lowest BCUT2D eigenvalue weighted by atomic mass is 10.4. The molecule has 2 rings (SSSR count). The predicted octanol–water partition coefficient (Wildman–Crippen LogP) is -0.519. The molecule has 2 amide bonds. The second kappa shape index (κ2) is 9.47. The average Bonchev–Trinajstić information content (AvgIpc) is 3.09. The van der Waals surface area contributed by atoms with E-state index in [4.69, 9.17) is 16.3 Å². The summed E-state index contributed by atoms with van der Waals surface area (Å²) < 4.78 is 32.1.